The van der Waals surface area contributed by atoms with Gasteiger partial charge in [-0.2, -0.15) is 0 Å². The first kappa shape index (κ1) is 13.1. The summed E-state index contributed by atoms with van der Waals surface area (Å²) in [4.78, 5) is 4.29. The molecule has 0 amide bonds. The summed E-state index contributed by atoms with van der Waals surface area (Å²) in [5.41, 5.74) is 2.77. The maximum atomic E-state index is 9.15. The van der Waals surface area contributed by atoms with Gasteiger partial charge in [0, 0.05) is 11.8 Å². The summed E-state index contributed by atoms with van der Waals surface area (Å²) in [5.74, 6) is 1.20. The molecule has 0 fully saturated rings. The Bertz CT molecular complexity index is 570. The molecular formula is C14H14BrNO2. The molecule has 0 saturated carbocycles. The Morgan fingerprint density at radius 3 is 2.67 bits per heavy atom. The topological polar surface area (TPSA) is 42.4 Å². The minimum atomic E-state index is -0.0191. The third-order valence-electron chi connectivity index (χ3n) is 2.47. The number of aliphatic hydroxyl groups excluding tert-OH is 1. The molecular weight excluding hydrogens is 294 g/mol. The molecule has 0 radical (unpaired) electrons. The summed E-state index contributed by atoms with van der Waals surface area (Å²) in [7, 11) is 0. The van der Waals surface area contributed by atoms with Gasteiger partial charge in [-0.05, 0) is 59.1 Å². The normalized spacial score (nSPS) is 10.4. The number of aliphatic hydroxyl groups is 1. The van der Waals surface area contributed by atoms with E-state index in [2.05, 4.69) is 20.9 Å². The first-order valence-electron chi connectivity index (χ1n) is 5.61. The second-order valence-corrected chi connectivity index (χ2v) is 5.00. The van der Waals surface area contributed by atoms with Crippen molar-refractivity contribution in [1.29, 1.82) is 0 Å². The van der Waals surface area contributed by atoms with E-state index >= 15 is 0 Å². The zero-order chi connectivity index (χ0) is 13.1. The molecule has 0 aliphatic carbocycles. The highest BCUT2D eigenvalue weighted by molar-refractivity contribution is 9.10. The van der Waals surface area contributed by atoms with Gasteiger partial charge in [-0.25, -0.2) is 4.98 Å². The van der Waals surface area contributed by atoms with E-state index in [0.29, 0.717) is 11.6 Å². The van der Waals surface area contributed by atoms with Crippen molar-refractivity contribution in [3.8, 4) is 11.6 Å². The van der Waals surface area contributed by atoms with Gasteiger partial charge in [-0.1, -0.05) is 6.07 Å². The Morgan fingerprint density at radius 2 is 2.00 bits per heavy atom. The number of ether oxygens (including phenoxy) is 1. The molecule has 0 aliphatic heterocycles. The first-order chi connectivity index (χ1) is 8.58. The fraction of sp³-hybridized carbons (Fsp3) is 0.214. The SMILES string of the molecule is Cc1ccc(Oc2cc(CO)cc(C)n2)c(Br)c1. The van der Waals surface area contributed by atoms with Crippen molar-refractivity contribution in [2.75, 3.05) is 0 Å². The van der Waals surface area contributed by atoms with Gasteiger partial charge in [0.2, 0.25) is 5.88 Å². The van der Waals surface area contributed by atoms with Crippen LogP contribution in [0.4, 0.5) is 0 Å². The lowest BCUT2D eigenvalue weighted by Crippen LogP contribution is -1.94. The molecule has 1 aromatic carbocycles. The summed E-state index contributed by atoms with van der Waals surface area (Å²) < 4.78 is 6.60. The van der Waals surface area contributed by atoms with E-state index in [4.69, 9.17) is 9.84 Å². The van der Waals surface area contributed by atoms with Crippen molar-refractivity contribution >= 4 is 15.9 Å². The van der Waals surface area contributed by atoms with Crippen LogP contribution in [0.1, 0.15) is 16.8 Å². The maximum absolute atomic E-state index is 9.15. The second-order valence-electron chi connectivity index (χ2n) is 4.15. The van der Waals surface area contributed by atoms with Gasteiger partial charge in [0.15, 0.2) is 0 Å². The number of benzene rings is 1. The summed E-state index contributed by atoms with van der Waals surface area (Å²) in [6.07, 6.45) is 0. The van der Waals surface area contributed by atoms with Crippen LogP contribution in [0.5, 0.6) is 11.6 Å². The van der Waals surface area contributed by atoms with Crippen LogP contribution in [-0.2, 0) is 6.61 Å². The molecule has 1 aromatic heterocycles. The standard InChI is InChI=1S/C14H14BrNO2/c1-9-3-4-13(12(15)5-9)18-14-7-11(8-17)6-10(2)16-14/h3-7,17H,8H2,1-2H3. The summed E-state index contributed by atoms with van der Waals surface area (Å²) >= 11 is 3.46. The fourth-order valence-electron chi connectivity index (χ4n) is 1.65. The number of pyridine rings is 1. The minimum absolute atomic E-state index is 0.0191. The number of halogens is 1. The molecule has 0 unspecified atom stereocenters. The maximum Gasteiger partial charge on any atom is 0.219 e. The van der Waals surface area contributed by atoms with Gasteiger partial charge in [0.25, 0.3) is 0 Å². The number of rotatable bonds is 3. The number of hydrogen-bond donors (Lipinski definition) is 1. The van der Waals surface area contributed by atoms with Crippen molar-refractivity contribution in [1.82, 2.24) is 4.98 Å². The molecule has 0 bridgehead atoms. The van der Waals surface area contributed by atoms with Gasteiger partial charge in [-0.3, -0.25) is 0 Å². The number of hydrogen-bond acceptors (Lipinski definition) is 3. The molecule has 0 spiro atoms. The van der Waals surface area contributed by atoms with E-state index in [-0.39, 0.29) is 6.61 Å². The van der Waals surface area contributed by atoms with Crippen LogP contribution < -0.4 is 4.74 Å². The molecule has 2 rings (SSSR count). The summed E-state index contributed by atoms with van der Waals surface area (Å²) in [6, 6.07) is 9.42. The quantitative estimate of drug-likeness (QED) is 0.939. The predicted octanol–water partition coefficient (Wildman–Crippen LogP) is 3.75. The first-order valence-corrected chi connectivity index (χ1v) is 6.40. The molecule has 1 N–H and O–H groups in total. The highest BCUT2D eigenvalue weighted by Gasteiger charge is 2.06. The molecule has 4 heteroatoms. The van der Waals surface area contributed by atoms with E-state index in [0.717, 1.165) is 21.3 Å². The van der Waals surface area contributed by atoms with E-state index in [1.54, 1.807) is 6.07 Å². The van der Waals surface area contributed by atoms with Gasteiger partial charge in [0.05, 0.1) is 11.1 Å². The molecule has 1 heterocycles. The van der Waals surface area contributed by atoms with Crippen molar-refractivity contribution in [3.05, 3.63) is 51.6 Å². The second kappa shape index (κ2) is 5.50. The minimum Gasteiger partial charge on any atom is -0.438 e. The van der Waals surface area contributed by atoms with Gasteiger partial charge >= 0.3 is 0 Å². The fourth-order valence-corrected chi connectivity index (χ4v) is 2.23. The molecule has 94 valence electrons. The van der Waals surface area contributed by atoms with Crippen LogP contribution >= 0.6 is 15.9 Å². The largest absolute Gasteiger partial charge is 0.438 e. The Kier molecular flexibility index (Phi) is 3.99. The van der Waals surface area contributed by atoms with Crippen LogP contribution in [0.3, 0.4) is 0 Å². The Morgan fingerprint density at radius 1 is 1.22 bits per heavy atom. The van der Waals surface area contributed by atoms with Crippen LogP contribution in [0.25, 0.3) is 0 Å². The monoisotopic (exact) mass is 307 g/mol. The smallest absolute Gasteiger partial charge is 0.219 e. The lowest BCUT2D eigenvalue weighted by atomic mass is 10.2. The predicted molar refractivity (Wildman–Crippen MR) is 73.8 cm³/mol. The number of nitrogens with zero attached hydrogens (tertiary/aromatic N) is 1. The average molecular weight is 308 g/mol. The Balaban J connectivity index is 2.30. The summed E-state index contributed by atoms with van der Waals surface area (Å²) in [6.45, 7) is 3.87. The van der Waals surface area contributed by atoms with Crippen LogP contribution in [0.15, 0.2) is 34.8 Å². The highest BCUT2D eigenvalue weighted by atomic mass is 79.9. The van der Waals surface area contributed by atoms with Crippen molar-refractivity contribution < 1.29 is 9.84 Å². The third-order valence-corrected chi connectivity index (χ3v) is 3.09. The van der Waals surface area contributed by atoms with Crippen LogP contribution in [0, 0.1) is 13.8 Å². The van der Waals surface area contributed by atoms with E-state index in [1.165, 1.54) is 0 Å². The molecule has 0 atom stereocenters. The van der Waals surface area contributed by atoms with Crippen LogP contribution in [-0.4, -0.2) is 10.1 Å². The zero-order valence-electron chi connectivity index (χ0n) is 10.3. The lowest BCUT2D eigenvalue weighted by Gasteiger charge is -2.09. The van der Waals surface area contributed by atoms with Gasteiger partial charge in [0.1, 0.15) is 5.75 Å². The Labute approximate surface area is 115 Å². The molecule has 3 nitrogen and oxygen atoms in total. The third kappa shape index (κ3) is 3.09. The van der Waals surface area contributed by atoms with Crippen molar-refractivity contribution in [3.63, 3.8) is 0 Å². The highest BCUT2D eigenvalue weighted by Crippen LogP contribution is 2.30. The zero-order valence-corrected chi connectivity index (χ0v) is 11.9. The number of aryl methyl sites for hydroxylation is 2. The van der Waals surface area contributed by atoms with Gasteiger partial charge in [-0.15, -0.1) is 0 Å². The lowest BCUT2D eigenvalue weighted by molar-refractivity contribution is 0.281. The molecule has 2 aromatic rings. The Hall–Kier alpha value is -1.39. The van der Waals surface area contributed by atoms with E-state index in [1.807, 2.05) is 38.1 Å². The number of aromatic nitrogens is 1. The van der Waals surface area contributed by atoms with Gasteiger partial charge < -0.3 is 9.84 Å². The van der Waals surface area contributed by atoms with E-state index < -0.39 is 0 Å². The molecule has 0 saturated heterocycles. The van der Waals surface area contributed by atoms with Crippen molar-refractivity contribution in [2.24, 2.45) is 0 Å². The molecule has 18 heavy (non-hydrogen) atoms. The van der Waals surface area contributed by atoms with Crippen LogP contribution in [0.2, 0.25) is 0 Å². The molecule has 0 aliphatic rings. The van der Waals surface area contributed by atoms with Crippen molar-refractivity contribution in [2.45, 2.75) is 20.5 Å². The van der Waals surface area contributed by atoms with E-state index in [9.17, 15) is 0 Å². The summed E-state index contributed by atoms with van der Waals surface area (Å²) in [5, 5.41) is 9.15. The average Bonchev–Trinajstić information content (AvgIpc) is 2.32.